The van der Waals surface area contributed by atoms with Crippen molar-refractivity contribution in [2.24, 2.45) is 0 Å². The number of hydrogen-bond acceptors (Lipinski definition) is 4. The van der Waals surface area contributed by atoms with E-state index < -0.39 is 11.8 Å². The molecular weight excluding hydrogens is 361 g/mol. The lowest BCUT2D eigenvalue weighted by Crippen LogP contribution is -2.34. The number of carbonyl (C=O) groups is 3. The van der Waals surface area contributed by atoms with Crippen LogP contribution in [0.2, 0.25) is 0 Å². The van der Waals surface area contributed by atoms with Gasteiger partial charge in [-0.2, -0.15) is 0 Å². The molecule has 0 unspecified atom stereocenters. The average molecular weight is 383 g/mol. The van der Waals surface area contributed by atoms with Crippen molar-refractivity contribution in [1.29, 1.82) is 0 Å². The van der Waals surface area contributed by atoms with E-state index in [1.807, 2.05) is 18.2 Å². The number of halogens is 1. The second-order valence-electron chi connectivity index (χ2n) is 6.80. The van der Waals surface area contributed by atoms with Crippen molar-refractivity contribution in [2.45, 2.75) is 38.1 Å². The van der Waals surface area contributed by atoms with Gasteiger partial charge < -0.3 is 10.1 Å². The number of ether oxygens (including phenoxy) is 1. The third-order valence-corrected chi connectivity index (χ3v) is 4.79. The molecule has 0 saturated carbocycles. The lowest BCUT2D eigenvalue weighted by molar-refractivity contribution is -0.148. The van der Waals surface area contributed by atoms with E-state index in [2.05, 4.69) is 11.4 Å². The van der Waals surface area contributed by atoms with Crippen LogP contribution in [0.15, 0.2) is 48.5 Å². The molecule has 0 spiro atoms. The molecule has 0 bridgehead atoms. The van der Waals surface area contributed by atoms with Crippen molar-refractivity contribution in [2.75, 3.05) is 6.61 Å². The minimum absolute atomic E-state index is 0.0535. The van der Waals surface area contributed by atoms with E-state index in [1.54, 1.807) is 0 Å². The molecule has 0 heterocycles. The fraction of sp³-hybridized carbons (Fsp3) is 0.318. The molecule has 5 nitrogen and oxygen atoms in total. The average Bonchev–Trinajstić information content (AvgIpc) is 2.71. The van der Waals surface area contributed by atoms with E-state index >= 15 is 0 Å². The Labute approximate surface area is 162 Å². The van der Waals surface area contributed by atoms with Gasteiger partial charge in [0.2, 0.25) is 0 Å². The predicted molar refractivity (Wildman–Crippen MR) is 101 cm³/mol. The number of ketones is 1. The molecule has 1 aliphatic carbocycles. The molecule has 1 aliphatic rings. The summed E-state index contributed by atoms with van der Waals surface area (Å²) in [4.78, 5) is 35.9. The highest BCUT2D eigenvalue weighted by Gasteiger charge is 2.21. The molecule has 28 heavy (non-hydrogen) atoms. The maximum Gasteiger partial charge on any atom is 0.306 e. The number of rotatable bonds is 7. The number of hydrogen-bond donors (Lipinski definition) is 1. The zero-order chi connectivity index (χ0) is 19.9. The molecule has 0 radical (unpaired) electrons. The topological polar surface area (TPSA) is 72.5 Å². The van der Waals surface area contributed by atoms with Gasteiger partial charge in [0, 0.05) is 12.0 Å². The van der Waals surface area contributed by atoms with Crippen molar-refractivity contribution < 1.29 is 23.5 Å². The van der Waals surface area contributed by atoms with Gasteiger partial charge in [0.15, 0.2) is 12.4 Å². The van der Waals surface area contributed by atoms with E-state index in [0.29, 0.717) is 5.56 Å². The van der Waals surface area contributed by atoms with Crippen LogP contribution in [0.3, 0.4) is 0 Å². The monoisotopic (exact) mass is 383 g/mol. The second kappa shape index (κ2) is 9.26. The van der Waals surface area contributed by atoms with Gasteiger partial charge in [-0.3, -0.25) is 14.4 Å². The first-order valence-electron chi connectivity index (χ1n) is 9.34. The lowest BCUT2D eigenvalue weighted by Gasteiger charge is -2.26. The van der Waals surface area contributed by atoms with Gasteiger partial charge in [-0.25, -0.2) is 4.39 Å². The summed E-state index contributed by atoms with van der Waals surface area (Å²) >= 11 is 0. The van der Waals surface area contributed by atoms with Gasteiger partial charge in [0.1, 0.15) is 5.82 Å². The number of nitrogens with one attached hydrogen (secondary N) is 1. The molecule has 2 aromatic carbocycles. The summed E-state index contributed by atoms with van der Waals surface area (Å²) < 4.78 is 17.8. The molecule has 0 aliphatic heterocycles. The fourth-order valence-electron chi connectivity index (χ4n) is 3.35. The van der Waals surface area contributed by atoms with Crippen molar-refractivity contribution in [3.8, 4) is 0 Å². The van der Waals surface area contributed by atoms with Crippen LogP contribution in [-0.4, -0.2) is 24.3 Å². The standard InChI is InChI=1S/C22H22FNO4/c23-17-10-8-16(9-11-17)20(25)12-13-22(27)28-14-21(26)24-19-7-3-5-15-4-1-2-6-18(15)19/h1-2,4,6,8-11,19H,3,5,7,12-14H2,(H,24,26)/t19-/m1/s1. The van der Waals surface area contributed by atoms with Crippen LogP contribution in [0.25, 0.3) is 0 Å². The first kappa shape index (κ1) is 19.7. The highest BCUT2D eigenvalue weighted by molar-refractivity contribution is 5.97. The normalized spacial score (nSPS) is 15.4. The molecule has 2 aromatic rings. The summed E-state index contributed by atoms with van der Waals surface area (Å²) in [5.41, 5.74) is 2.68. The van der Waals surface area contributed by atoms with Crippen molar-refractivity contribution in [1.82, 2.24) is 5.32 Å². The third-order valence-electron chi connectivity index (χ3n) is 4.79. The molecule has 3 rings (SSSR count). The summed E-state index contributed by atoms with van der Waals surface area (Å²) in [6.07, 6.45) is 2.66. The van der Waals surface area contributed by atoms with Gasteiger partial charge in [-0.15, -0.1) is 0 Å². The zero-order valence-electron chi connectivity index (χ0n) is 15.4. The van der Waals surface area contributed by atoms with Crippen LogP contribution in [0.5, 0.6) is 0 Å². The molecule has 146 valence electrons. The first-order valence-corrected chi connectivity index (χ1v) is 9.34. The van der Waals surface area contributed by atoms with Gasteiger partial charge in [0.25, 0.3) is 5.91 Å². The van der Waals surface area contributed by atoms with E-state index in [4.69, 9.17) is 4.74 Å². The summed E-state index contributed by atoms with van der Waals surface area (Å²) in [7, 11) is 0. The third kappa shape index (κ3) is 5.25. The van der Waals surface area contributed by atoms with Gasteiger partial charge in [-0.1, -0.05) is 24.3 Å². The zero-order valence-corrected chi connectivity index (χ0v) is 15.4. The molecule has 0 aromatic heterocycles. The summed E-state index contributed by atoms with van der Waals surface area (Å²) in [6, 6.07) is 13.1. The fourth-order valence-corrected chi connectivity index (χ4v) is 3.35. The smallest absolute Gasteiger partial charge is 0.306 e. The molecule has 1 N–H and O–H groups in total. The van der Waals surface area contributed by atoms with Crippen molar-refractivity contribution in [3.05, 3.63) is 71.0 Å². The van der Waals surface area contributed by atoms with Crippen molar-refractivity contribution >= 4 is 17.7 Å². The highest BCUT2D eigenvalue weighted by Crippen LogP contribution is 2.29. The van der Waals surface area contributed by atoms with E-state index in [0.717, 1.165) is 24.8 Å². The van der Waals surface area contributed by atoms with Crippen LogP contribution >= 0.6 is 0 Å². The Morgan fingerprint density at radius 3 is 2.57 bits per heavy atom. The highest BCUT2D eigenvalue weighted by atomic mass is 19.1. The van der Waals surface area contributed by atoms with E-state index in [9.17, 15) is 18.8 Å². The van der Waals surface area contributed by atoms with Gasteiger partial charge in [0.05, 0.1) is 12.5 Å². The number of carbonyl (C=O) groups excluding carboxylic acids is 3. The number of amides is 1. The Morgan fingerprint density at radius 2 is 1.79 bits per heavy atom. The first-order chi connectivity index (χ1) is 13.5. The molecule has 0 saturated heterocycles. The maximum absolute atomic E-state index is 12.9. The Balaban J connectivity index is 1.42. The van der Waals surface area contributed by atoms with E-state index in [1.165, 1.54) is 29.8 Å². The quantitative estimate of drug-likeness (QED) is 0.586. The van der Waals surface area contributed by atoms with Gasteiger partial charge >= 0.3 is 5.97 Å². The SMILES string of the molecule is O=C(COC(=O)CCC(=O)c1ccc(F)cc1)N[C@@H]1CCCc2ccccc21. The van der Waals surface area contributed by atoms with Crippen molar-refractivity contribution in [3.63, 3.8) is 0 Å². The number of aryl methyl sites for hydroxylation is 1. The van der Waals surface area contributed by atoms with Crippen LogP contribution in [0.4, 0.5) is 4.39 Å². The Bertz CT molecular complexity index is 863. The number of esters is 1. The van der Waals surface area contributed by atoms with Gasteiger partial charge in [-0.05, 0) is 54.7 Å². The number of Topliss-reactive ketones (excluding diaryl/α,β-unsaturated/α-hetero) is 1. The molecule has 1 atom stereocenters. The molecular formula is C22H22FNO4. The summed E-state index contributed by atoms with van der Waals surface area (Å²) in [5, 5.41) is 2.91. The van der Waals surface area contributed by atoms with Crippen LogP contribution in [0.1, 0.15) is 53.2 Å². The number of benzene rings is 2. The summed E-state index contributed by atoms with van der Waals surface area (Å²) in [5.74, 6) is -1.68. The molecule has 0 fully saturated rings. The minimum atomic E-state index is -0.616. The second-order valence-corrected chi connectivity index (χ2v) is 6.80. The Morgan fingerprint density at radius 1 is 1.04 bits per heavy atom. The van der Waals surface area contributed by atoms with Crippen LogP contribution in [0, 0.1) is 5.82 Å². The Kier molecular flexibility index (Phi) is 6.53. The van der Waals surface area contributed by atoms with Crippen LogP contribution < -0.4 is 5.32 Å². The maximum atomic E-state index is 12.9. The predicted octanol–water partition coefficient (Wildman–Crippen LogP) is 3.53. The molecule has 6 heteroatoms. The largest absolute Gasteiger partial charge is 0.456 e. The lowest BCUT2D eigenvalue weighted by atomic mass is 9.88. The van der Waals surface area contributed by atoms with E-state index in [-0.39, 0.29) is 37.2 Å². The molecule has 1 amide bonds. The summed E-state index contributed by atoms with van der Waals surface area (Å²) in [6.45, 7) is -0.373. The van der Waals surface area contributed by atoms with Crippen LogP contribution in [-0.2, 0) is 20.7 Å². The number of fused-ring (bicyclic) bond motifs is 1. The minimum Gasteiger partial charge on any atom is -0.456 e. The Hall–Kier alpha value is -3.02.